The Labute approximate surface area is 117 Å². The molecule has 0 fully saturated rings. The largest absolute Gasteiger partial charge is 0.355 e. The van der Waals surface area contributed by atoms with E-state index in [9.17, 15) is 0 Å². The Morgan fingerprint density at radius 3 is 2.05 bits per heavy atom. The summed E-state index contributed by atoms with van der Waals surface area (Å²) in [6.07, 6.45) is 0. The molecule has 0 heterocycles. The second-order valence-electron chi connectivity index (χ2n) is 4.28. The second kappa shape index (κ2) is 7.42. The van der Waals surface area contributed by atoms with E-state index in [-0.39, 0.29) is 0 Å². The lowest BCUT2D eigenvalue weighted by atomic mass is 10.1. The number of benzene rings is 2. The summed E-state index contributed by atoms with van der Waals surface area (Å²) in [6, 6.07) is 16.6. The van der Waals surface area contributed by atoms with E-state index in [4.69, 9.17) is 0 Å². The maximum Gasteiger partial charge on any atom is 0.0413 e. The summed E-state index contributed by atoms with van der Waals surface area (Å²) in [5.41, 5.74) is 5.65. The van der Waals surface area contributed by atoms with Crippen LogP contribution in [0.15, 0.2) is 55.1 Å². The number of hydrogen-bond donors (Lipinski definition) is 1. The topological polar surface area (TPSA) is 12.0 Å². The van der Waals surface area contributed by atoms with Crippen molar-refractivity contribution in [2.75, 3.05) is 5.32 Å². The van der Waals surface area contributed by atoms with Crippen LogP contribution in [0.4, 0.5) is 5.69 Å². The Morgan fingerprint density at radius 1 is 0.895 bits per heavy atom. The maximum absolute atomic E-state index is 4.08. The predicted octanol–water partition coefficient (Wildman–Crippen LogP) is 5.41. The van der Waals surface area contributed by atoms with Crippen molar-refractivity contribution in [2.24, 2.45) is 0 Å². The Bertz CT molecular complexity index is 524. The van der Waals surface area contributed by atoms with E-state index in [0.717, 1.165) is 16.9 Å². The van der Waals surface area contributed by atoms with Crippen LogP contribution in [0.5, 0.6) is 0 Å². The minimum atomic E-state index is 0.930. The molecular formula is C18H23N. The minimum absolute atomic E-state index is 0.930. The number of para-hydroxylation sites is 1. The number of rotatable bonds is 3. The number of nitrogens with one attached hydrogen (secondary N) is 1. The number of aryl methyl sites for hydroxylation is 2. The molecule has 0 saturated heterocycles. The summed E-state index contributed by atoms with van der Waals surface area (Å²) in [6.45, 7) is 12.3. The van der Waals surface area contributed by atoms with E-state index in [0.29, 0.717) is 0 Å². The maximum atomic E-state index is 4.08. The summed E-state index contributed by atoms with van der Waals surface area (Å²) in [5, 5.41) is 3.35. The normalized spacial score (nSPS) is 9.26. The van der Waals surface area contributed by atoms with Crippen LogP contribution in [0.3, 0.4) is 0 Å². The fraction of sp³-hybridized carbons (Fsp3) is 0.222. The van der Waals surface area contributed by atoms with Crippen molar-refractivity contribution in [1.82, 2.24) is 0 Å². The summed E-state index contributed by atoms with van der Waals surface area (Å²) < 4.78 is 0. The van der Waals surface area contributed by atoms with Crippen molar-refractivity contribution < 1.29 is 0 Å². The highest BCUT2D eigenvalue weighted by Gasteiger charge is 2.01. The van der Waals surface area contributed by atoms with Gasteiger partial charge in [-0.1, -0.05) is 68.5 Å². The summed E-state index contributed by atoms with van der Waals surface area (Å²) in [7, 11) is 0. The first-order chi connectivity index (χ1) is 9.16. The third-order valence-electron chi connectivity index (χ3n) is 2.83. The van der Waals surface area contributed by atoms with E-state index < -0.39 is 0 Å². The van der Waals surface area contributed by atoms with E-state index in [1.807, 2.05) is 26.0 Å². The molecule has 0 spiro atoms. The molecule has 0 saturated carbocycles. The molecule has 2 aromatic carbocycles. The zero-order valence-corrected chi connectivity index (χ0v) is 12.3. The van der Waals surface area contributed by atoms with Gasteiger partial charge in [-0.2, -0.15) is 0 Å². The van der Waals surface area contributed by atoms with Crippen LogP contribution in [-0.4, -0.2) is 0 Å². The Hall–Kier alpha value is -2.02. The summed E-state index contributed by atoms with van der Waals surface area (Å²) in [4.78, 5) is 0. The van der Waals surface area contributed by atoms with Crippen LogP contribution < -0.4 is 5.32 Å². The lowest BCUT2D eigenvalue weighted by Crippen LogP contribution is -1.98. The molecule has 0 atom stereocenters. The van der Waals surface area contributed by atoms with E-state index in [1.165, 1.54) is 11.1 Å². The molecule has 0 aliphatic rings. The van der Waals surface area contributed by atoms with Crippen LogP contribution in [0, 0.1) is 13.8 Å². The van der Waals surface area contributed by atoms with Crippen LogP contribution in [0.25, 0.3) is 5.70 Å². The first-order valence-corrected chi connectivity index (χ1v) is 6.75. The predicted molar refractivity (Wildman–Crippen MR) is 86.4 cm³/mol. The summed E-state index contributed by atoms with van der Waals surface area (Å²) >= 11 is 0. The van der Waals surface area contributed by atoms with Crippen LogP contribution in [0.2, 0.25) is 0 Å². The highest BCUT2D eigenvalue weighted by atomic mass is 14.9. The van der Waals surface area contributed by atoms with Gasteiger partial charge in [0.2, 0.25) is 0 Å². The molecule has 1 heteroatoms. The molecule has 0 amide bonds. The molecule has 0 aliphatic carbocycles. The molecule has 19 heavy (non-hydrogen) atoms. The van der Waals surface area contributed by atoms with E-state index in [2.05, 4.69) is 62.1 Å². The summed E-state index contributed by atoms with van der Waals surface area (Å²) in [5.74, 6) is 0. The van der Waals surface area contributed by atoms with Crippen molar-refractivity contribution >= 4 is 11.4 Å². The van der Waals surface area contributed by atoms with Gasteiger partial charge in [-0.3, -0.25) is 0 Å². The van der Waals surface area contributed by atoms with Gasteiger partial charge >= 0.3 is 0 Å². The molecule has 100 valence electrons. The lowest BCUT2D eigenvalue weighted by Gasteiger charge is -2.12. The molecular weight excluding hydrogens is 230 g/mol. The smallest absolute Gasteiger partial charge is 0.0413 e. The first-order valence-electron chi connectivity index (χ1n) is 6.75. The SMILES string of the molecule is C=C(Nc1ccccc1C)c1ccc(C)cc1.CC. The molecule has 0 bridgehead atoms. The number of hydrogen-bond acceptors (Lipinski definition) is 1. The minimum Gasteiger partial charge on any atom is -0.355 e. The van der Waals surface area contributed by atoms with E-state index >= 15 is 0 Å². The quantitative estimate of drug-likeness (QED) is 0.771. The molecule has 1 nitrogen and oxygen atoms in total. The van der Waals surface area contributed by atoms with Gasteiger partial charge in [0.1, 0.15) is 0 Å². The Morgan fingerprint density at radius 2 is 1.47 bits per heavy atom. The van der Waals surface area contributed by atoms with Gasteiger partial charge in [-0.25, -0.2) is 0 Å². The molecule has 0 aromatic heterocycles. The van der Waals surface area contributed by atoms with Crippen LogP contribution >= 0.6 is 0 Å². The fourth-order valence-electron chi connectivity index (χ4n) is 1.70. The molecule has 0 unspecified atom stereocenters. The fourth-order valence-corrected chi connectivity index (χ4v) is 1.70. The van der Waals surface area contributed by atoms with Crippen molar-refractivity contribution in [3.05, 3.63) is 71.8 Å². The average molecular weight is 253 g/mol. The van der Waals surface area contributed by atoms with Gasteiger partial charge in [0.25, 0.3) is 0 Å². The highest BCUT2D eigenvalue weighted by molar-refractivity contribution is 5.76. The van der Waals surface area contributed by atoms with Gasteiger partial charge in [-0.15, -0.1) is 0 Å². The van der Waals surface area contributed by atoms with E-state index in [1.54, 1.807) is 0 Å². The third-order valence-corrected chi connectivity index (χ3v) is 2.83. The average Bonchev–Trinajstić information content (AvgIpc) is 2.44. The van der Waals surface area contributed by atoms with Crippen molar-refractivity contribution in [3.63, 3.8) is 0 Å². The van der Waals surface area contributed by atoms with Gasteiger partial charge < -0.3 is 5.32 Å². The third kappa shape index (κ3) is 4.29. The van der Waals surface area contributed by atoms with Crippen molar-refractivity contribution in [2.45, 2.75) is 27.7 Å². The molecule has 2 rings (SSSR count). The molecule has 0 radical (unpaired) electrons. The molecule has 0 aliphatic heterocycles. The van der Waals surface area contributed by atoms with Crippen LogP contribution in [0.1, 0.15) is 30.5 Å². The monoisotopic (exact) mass is 253 g/mol. The van der Waals surface area contributed by atoms with Gasteiger partial charge in [0.15, 0.2) is 0 Å². The zero-order chi connectivity index (χ0) is 14.3. The van der Waals surface area contributed by atoms with Crippen molar-refractivity contribution in [1.29, 1.82) is 0 Å². The number of anilines is 1. The molecule has 1 N–H and O–H groups in total. The highest BCUT2D eigenvalue weighted by Crippen LogP contribution is 2.20. The molecule has 2 aromatic rings. The standard InChI is InChI=1S/C16H17N.C2H6/c1-12-8-10-15(11-9-12)14(3)17-16-7-5-4-6-13(16)2;1-2/h4-11,17H,3H2,1-2H3;1-2H3. The van der Waals surface area contributed by atoms with Gasteiger partial charge in [0.05, 0.1) is 0 Å². The van der Waals surface area contributed by atoms with Crippen LogP contribution in [-0.2, 0) is 0 Å². The van der Waals surface area contributed by atoms with Crippen molar-refractivity contribution in [3.8, 4) is 0 Å². The van der Waals surface area contributed by atoms with Gasteiger partial charge in [-0.05, 0) is 31.0 Å². The zero-order valence-electron chi connectivity index (χ0n) is 12.3. The van der Waals surface area contributed by atoms with Gasteiger partial charge in [0, 0.05) is 11.4 Å². The lowest BCUT2D eigenvalue weighted by molar-refractivity contribution is 1.42. The first kappa shape index (κ1) is 15.0. The second-order valence-corrected chi connectivity index (χ2v) is 4.28. The Kier molecular flexibility index (Phi) is 5.87. The Balaban J connectivity index is 0.000000861.